The molecule has 100 valence electrons. The van der Waals surface area contributed by atoms with E-state index in [1.54, 1.807) is 24.5 Å². The van der Waals surface area contributed by atoms with Crippen LogP contribution in [0.3, 0.4) is 0 Å². The normalized spacial score (nSPS) is 11.6. The average molecular weight is 259 g/mol. The van der Waals surface area contributed by atoms with Crippen LogP contribution < -0.4 is 5.32 Å². The molecule has 0 amide bonds. The van der Waals surface area contributed by atoms with E-state index in [-0.39, 0.29) is 11.4 Å². The van der Waals surface area contributed by atoms with Crippen molar-refractivity contribution in [3.05, 3.63) is 48.0 Å². The highest BCUT2D eigenvalue weighted by molar-refractivity contribution is 5.54. The summed E-state index contributed by atoms with van der Waals surface area (Å²) < 4.78 is 12.8. The molecule has 4 heteroatoms. The molecule has 0 spiro atoms. The highest BCUT2D eigenvalue weighted by atomic mass is 19.1. The quantitative estimate of drug-likeness (QED) is 0.920. The van der Waals surface area contributed by atoms with Crippen molar-refractivity contribution in [3.63, 3.8) is 0 Å². The molecule has 2 rings (SSSR count). The monoisotopic (exact) mass is 259 g/mol. The first-order valence-electron chi connectivity index (χ1n) is 6.26. The van der Waals surface area contributed by atoms with Crippen LogP contribution >= 0.6 is 0 Å². The highest BCUT2D eigenvalue weighted by Gasteiger charge is 2.09. The van der Waals surface area contributed by atoms with Crippen LogP contribution in [0, 0.1) is 5.82 Å². The van der Waals surface area contributed by atoms with Gasteiger partial charge in [-0.05, 0) is 45.0 Å². The lowest BCUT2D eigenvalue weighted by molar-refractivity contribution is 0.423. The summed E-state index contributed by atoms with van der Waals surface area (Å²) in [4.78, 5) is 8.61. The van der Waals surface area contributed by atoms with E-state index in [1.165, 1.54) is 12.1 Å². The first-order chi connectivity index (χ1) is 8.94. The topological polar surface area (TPSA) is 37.8 Å². The molecular formula is C15H18FN3. The van der Waals surface area contributed by atoms with Gasteiger partial charge in [0.05, 0.1) is 0 Å². The molecule has 0 unspecified atom stereocenters. The average Bonchev–Trinajstić information content (AvgIpc) is 2.37. The molecule has 0 fully saturated rings. The highest BCUT2D eigenvalue weighted by Crippen LogP contribution is 2.14. The van der Waals surface area contributed by atoms with Gasteiger partial charge < -0.3 is 5.32 Å². The van der Waals surface area contributed by atoms with Gasteiger partial charge in [-0.25, -0.2) is 14.4 Å². The summed E-state index contributed by atoms with van der Waals surface area (Å²) in [5, 5.41) is 3.38. The van der Waals surface area contributed by atoms with Gasteiger partial charge in [-0.3, -0.25) is 0 Å². The third-order valence-electron chi connectivity index (χ3n) is 2.63. The molecule has 1 N–H and O–H groups in total. The number of hydrogen-bond acceptors (Lipinski definition) is 3. The lowest BCUT2D eigenvalue weighted by atomic mass is 10.1. The largest absolute Gasteiger partial charge is 0.308 e. The van der Waals surface area contributed by atoms with Crippen LogP contribution in [-0.2, 0) is 6.54 Å². The number of nitrogens with zero attached hydrogens (tertiary/aromatic N) is 2. The van der Waals surface area contributed by atoms with Gasteiger partial charge >= 0.3 is 0 Å². The number of rotatable bonds is 3. The Morgan fingerprint density at radius 2 is 1.63 bits per heavy atom. The molecule has 0 aliphatic carbocycles. The maximum absolute atomic E-state index is 12.8. The lowest BCUT2D eigenvalue weighted by Crippen LogP contribution is -2.35. The van der Waals surface area contributed by atoms with Crippen LogP contribution in [0.2, 0.25) is 0 Å². The van der Waals surface area contributed by atoms with Gasteiger partial charge in [0, 0.05) is 35.6 Å². The van der Waals surface area contributed by atoms with Crippen molar-refractivity contribution >= 4 is 0 Å². The van der Waals surface area contributed by atoms with Crippen LogP contribution in [0.1, 0.15) is 26.3 Å². The van der Waals surface area contributed by atoms with Crippen molar-refractivity contribution in [2.45, 2.75) is 32.9 Å². The smallest absolute Gasteiger partial charge is 0.159 e. The second-order valence-electron chi connectivity index (χ2n) is 5.53. The fourth-order valence-corrected chi connectivity index (χ4v) is 1.56. The second kappa shape index (κ2) is 5.45. The Bertz CT molecular complexity index is 527. The van der Waals surface area contributed by atoms with E-state index in [2.05, 4.69) is 36.1 Å². The van der Waals surface area contributed by atoms with Crippen LogP contribution in [-0.4, -0.2) is 15.5 Å². The molecule has 19 heavy (non-hydrogen) atoms. The zero-order chi connectivity index (χ0) is 13.9. The van der Waals surface area contributed by atoms with Gasteiger partial charge in [-0.2, -0.15) is 0 Å². The molecule has 1 aromatic carbocycles. The van der Waals surface area contributed by atoms with Gasteiger partial charge in [0.15, 0.2) is 5.82 Å². The molecule has 1 aromatic heterocycles. The molecule has 0 atom stereocenters. The predicted octanol–water partition coefficient (Wildman–Crippen LogP) is 3.17. The van der Waals surface area contributed by atoms with E-state index < -0.39 is 0 Å². The van der Waals surface area contributed by atoms with E-state index in [0.717, 1.165) is 17.7 Å². The summed E-state index contributed by atoms with van der Waals surface area (Å²) in [6.07, 6.45) is 3.59. The van der Waals surface area contributed by atoms with Gasteiger partial charge in [-0.15, -0.1) is 0 Å². The maximum Gasteiger partial charge on any atom is 0.159 e. The van der Waals surface area contributed by atoms with Crippen molar-refractivity contribution < 1.29 is 4.39 Å². The fourth-order valence-electron chi connectivity index (χ4n) is 1.56. The second-order valence-corrected chi connectivity index (χ2v) is 5.53. The van der Waals surface area contributed by atoms with Crippen LogP contribution in [0.4, 0.5) is 4.39 Å². The Hall–Kier alpha value is -1.81. The summed E-state index contributed by atoms with van der Waals surface area (Å²) in [6, 6.07) is 6.18. The van der Waals surface area contributed by atoms with Crippen LogP contribution in [0.25, 0.3) is 11.4 Å². The Balaban J connectivity index is 2.08. The SMILES string of the molecule is CC(C)(C)NCc1cnc(-c2ccc(F)cc2)nc1. The third kappa shape index (κ3) is 4.10. The molecule has 0 saturated carbocycles. The molecule has 1 heterocycles. The van der Waals surface area contributed by atoms with Crippen molar-refractivity contribution in [2.75, 3.05) is 0 Å². The molecule has 0 radical (unpaired) electrons. The standard InChI is InChI=1S/C15H18FN3/c1-15(2,3)19-10-11-8-17-14(18-9-11)12-4-6-13(16)7-5-12/h4-9,19H,10H2,1-3H3. The van der Waals surface area contributed by atoms with Gasteiger partial charge in [0.1, 0.15) is 5.82 Å². The molecular weight excluding hydrogens is 241 g/mol. The van der Waals surface area contributed by atoms with Crippen molar-refractivity contribution in [1.29, 1.82) is 0 Å². The number of benzene rings is 1. The summed E-state index contributed by atoms with van der Waals surface area (Å²) in [7, 11) is 0. The molecule has 3 nitrogen and oxygen atoms in total. The molecule has 2 aromatic rings. The summed E-state index contributed by atoms with van der Waals surface area (Å²) in [5.41, 5.74) is 1.91. The number of hydrogen-bond donors (Lipinski definition) is 1. The van der Waals surface area contributed by atoms with Crippen molar-refractivity contribution in [2.24, 2.45) is 0 Å². The first kappa shape index (κ1) is 13.6. The van der Waals surface area contributed by atoms with E-state index in [4.69, 9.17) is 0 Å². The Morgan fingerprint density at radius 3 is 2.16 bits per heavy atom. The maximum atomic E-state index is 12.8. The number of halogens is 1. The van der Waals surface area contributed by atoms with Gasteiger partial charge in [0.25, 0.3) is 0 Å². The van der Waals surface area contributed by atoms with E-state index in [1.807, 2.05) is 0 Å². The minimum atomic E-state index is -0.255. The minimum absolute atomic E-state index is 0.0651. The molecule has 0 bridgehead atoms. The van der Waals surface area contributed by atoms with E-state index in [9.17, 15) is 4.39 Å². The number of aromatic nitrogens is 2. The Morgan fingerprint density at radius 1 is 1.05 bits per heavy atom. The van der Waals surface area contributed by atoms with E-state index in [0.29, 0.717) is 5.82 Å². The zero-order valence-corrected chi connectivity index (χ0v) is 11.4. The zero-order valence-electron chi connectivity index (χ0n) is 11.4. The summed E-state index contributed by atoms with van der Waals surface area (Å²) in [5.74, 6) is 0.356. The Labute approximate surface area is 112 Å². The van der Waals surface area contributed by atoms with Crippen molar-refractivity contribution in [1.82, 2.24) is 15.3 Å². The van der Waals surface area contributed by atoms with E-state index >= 15 is 0 Å². The third-order valence-corrected chi connectivity index (χ3v) is 2.63. The summed E-state index contributed by atoms with van der Waals surface area (Å²) >= 11 is 0. The van der Waals surface area contributed by atoms with Gasteiger partial charge in [0.2, 0.25) is 0 Å². The van der Waals surface area contributed by atoms with Gasteiger partial charge in [-0.1, -0.05) is 0 Å². The van der Waals surface area contributed by atoms with Crippen molar-refractivity contribution in [3.8, 4) is 11.4 Å². The minimum Gasteiger partial charge on any atom is -0.308 e. The molecule has 0 saturated heterocycles. The lowest BCUT2D eigenvalue weighted by Gasteiger charge is -2.20. The molecule has 0 aliphatic heterocycles. The van der Waals surface area contributed by atoms with Crippen LogP contribution in [0.15, 0.2) is 36.7 Å². The molecule has 0 aliphatic rings. The first-order valence-corrected chi connectivity index (χ1v) is 6.26. The predicted molar refractivity (Wildman–Crippen MR) is 74.0 cm³/mol. The Kier molecular flexibility index (Phi) is 3.90. The summed E-state index contributed by atoms with van der Waals surface area (Å²) in [6.45, 7) is 7.06. The number of nitrogens with one attached hydrogen (secondary N) is 1. The van der Waals surface area contributed by atoms with Crippen LogP contribution in [0.5, 0.6) is 0 Å². The fraction of sp³-hybridized carbons (Fsp3) is 0.333.